The molecule has 0 unspecified atom stereocenters. The van der Waals surface area contributed by atoms with Gasteiger partial charge in [-0.3, -0.25) is 9.59 Å². The number of amides is 1. The second kappa shape index (κ2) is 8.47. The van der Waals surface area contributed by atoms with Crippen LogP contribution in [0.5, 0.6) is 0 Å². The summed E-state index contributed by atoms with van der Waals surface area (Å²) >= 11 is 5.93. The minimum Gasteiger partial charge on any atom is -0.361 e. The molecule has 0 radical (unpaired) electrons. The van der Waals surface area contributed by atoms with Crippen LogP contribution in [-0.2, 0) is 14.8 Å². The number of hydrogen-bond donors (Lipinski definition) is 2. The lowest BCUT2D eigenvalue weighted by atomic mass is 9.97. The monoisotopic (exact) mass is 440 g/mol. The van der Waals surface area contributed by atoms with Crippen LogP contribution in [0.15, 0.2) is 34.3 Å². The summed E-state index contributed by atoms with van der Waals surface area (Å²) in [6, 6.07) is 2.91. The lowest BCUT2D eigenvalue weighted by Gasteiger charge is -2.30. The number of rotatable bonds is 5. The predicted molar refractivity (Wildman–Crippen MR) is 109 cm³/mol. The van der Waals surface area contributed by atoms with Crippen molar-refractivity contribution in [1.29, 1.82) is 0 Å². The Kier molecular flexibility index (Phi) is 6.20. The molecule has 2 N–H and O–H groups in total. The molecular weight excluding hydrogens is 420 g/mol. The van der Waals surface area contributed by atoms with Crippen molar-refractivity contribution < 1.29 is 13.2 Å². The fraction of sp³-hybridized carbons (Fsp3) is 0.412. The van der Waals surface area contributed by atoms with E-state index in [0.717, 1.165) is 0 Å². The van der Waals surface area contributed by atoms with Gasteiger partial charge in [-0.1, -0.05) is 11.6 Å². The van der Waals surface area contributed by atoms with Crippen LogP contribution in [0, 0.1) is 5.92 Å². The summed E-state index contributed by atoms with van der Waals surface area (Å²) in [5, 5.41) is 2.55. The SMILES string of the molecule is CN(C)c1nc[nH]c(=O)c1NC(=O)C1CCN(S(=O)(=O)c2cccnc2Cl)CC1. The van der Waals surface area contributed by atoms with Crippen molar-refractivity contribution >= 4 is 39.0 Å². The van der Waals surface area contributed by atoms with Gasteiger partial charge in [-0.05, 0) is 25.0 Å². The van der Waals surface area contributed by atoms with Crippen LogP contribution in [0.4, 0.5) is 11.5 Å². The van der Waals surface area contributed by atoms with Gasteiger partial charge in [-0.2, -0.15) is 4.31 Å². The summed E-state index contributed by atoms with van der Waals surface area (Å²) < 4.78 is 26.9. The number of pyridine rings is 1. The molecule has 29 heavy (non-hydrogen) atoms. The molecule has 0 spiro atoms. The summed E-state index contributed by atoms with van der Waals surface area (Å²) in [6.07, 6.45) is 3.32. The summed E-state index contributed by atoms with van der Waals surface area (Å²) in [7, 11) is -0.365. The zero-order valence-electron chi connectivity index (χ0n) is 15.9. The zero-order valence-corrected chi connectivity index (χ0v) is 17.5. The summed E-state index contributed by atoms with van der Waals surface area (Å²) in [5.41, 5.74) is -0.386. The first kappa shape index (κ1) is 21.2. The molecule has 1 fully saturated rings. The van der Waals surface area contributed by atoms with Crippen molar-refractivity contribution in [3.05, 3.63) is 40.2 Å². The minimum atomic E-state index is -3.79. The highest BCUT2D eigenvalue weighted by Gasteiger charge is 2.33. The van der Waals surface area contributed by atoms with Crippen molar-refractivity contribution in [3.63, 3.8) is 0 Å². The molecular formula is C17H21ClN6O4S. The summed E-state index contributed by atoms with van der Waals surface area (Å²) in [5.74, 6) is -0.433. The van der Waals surface area contributed by atoms with E-state index in [4.69, 9.17) is 11.6 Å². The molecule has 2 aromatic rings. The molecule has 10 nitrogen and oxygen atoms in total. The smallest absolute Gasteiger partial charge is 0.276 e. The standard InChI is InChI=1S/C17H21ClN6O4S/c1-23(2)15-13(17(26)21-10-20-15)22-16(25)11-5-8-24(9-6-11)29(27,28)12-4-3-7-19-14(12)18/h3-4,7,10-11H,5-6,8-9H2,1-2H3,(H,22,25)(H,20,21,26). The Labute approximate surface area is 173 Å². The van der Waals surface area contributed by atoms with Crippen molar-refractivity contribution in [2.45, 2.75) is 17.7 Å². The Balaban J connectivity index is 1.70. The number of aromatic nitrogens is 3. The van der Waals surface area contributed by atoms with E-state index in [1.807, 2.05) is 0 Å². The molecule has 0 aromatic carbocycles. The number of carbonyl (C=O) groups excluding carboxylic acids is 1. The van der Waals surface area contributed by atoms with Crippen LogP contribution in [0.3, 0.4) is 0 Å². The first-order valence-electron chi connectivity index (χ1n) is 8.88. The van der Waals surface area contributed by atoms with E-state index in [9.17, 15) is 18.0 Å². The average molecular weight is 441 g/mol. The van der Waals surface area contributed by atoms with E-state index in [1.165, 1.54) is 29.0 Å². The van der Waals surface area contributed by atoms with E-state index < -0.39 is 21.5 Å². The van der Waals surface area contributed by atoms with E-state index in [0.29, 0.717) is 18.7 Å². The number of aromatic amines is 1. The van der Waals surface area contributed by atoms with Crippen LogP contribution in [-0.4, -0.2) is 60.8 Å². The first-order chi connectivity index (χ1) is 13.7. The van der Waals surface area contributed by atoms with Crippen molar-refractivity contribution in [2.75, 3.05) is 37.4 Å². The number of nitrogens with one attached hydrogen (secondary N) is 2. The molecule has 156 valence electrons. The summed E-state index contributed by atoms with van der Waals surface area (Å²) in [6.45, 7) is 0.325. The molecule has 0 atom stereocenters. The van der Waals surface area contributed by atoms with E-state index in [2.05, 4.69) is 20.3 Å². The molecule has 0 aliphatic carbocycles. The fourth-order valence-corrected chi connectivity index (χ4v) is 5.03. The Morgan fingerprint density at radius 3 is 2.62 bits per heavy atom. The number of sulfonamides is 1. The summed E-state index contributed by atoms with van der Waals surface area (Å²) in [4.78, 5) is 36.7. The number of carbonyl (C=O) groups is 1. The normalized spacial score (nSPS) is 15.8. The topological polar surface area (TPSA) is 128 Å². The maximum absolute atomic E-state index is 12.8. The second-order valence-electron chi connectivity index (χ2n) is 6.78. The van der Waals surface area contributed by atoms with Gasteiger partial charge >= 0.3 is 0 Å². The molecule has 3 rings (SSSR count). The zero-order chi connectivity index (χ0) is 21.2. The van der Waals surface area contributed by atoms with Crippen molar-refractivity contribution in [1.82, 2.24) is 19.3 Å². The Morgan fingerprint density at radius 2 is 2.00 bits per heavy atom. The molecule has 0 saturated carbocycles. The number of nitrogens with zero attached hydrogens (tertiary/aromatic N) is 4. The van der Waals surface area contributed by atoms with Crippen LogP contribution < -0.4 is 15.8 Å². The van der Waals surface area contributed by atoms with Crippen LogP contribution in [0.2, 0.25) is 5.15 Å². The van der Waals surface area contributed by atoms with Gasteiger partial charge in [-0.15, -0.1) is 0 Å². The van der Waals surface area contributed by atoms with Gasteiger partial charge < -0.3 is 15.2 Å². The lowest BCUT2D eigenvalue weighted by Crippen LogP contribution is -2.42. The van der Waals surface area contributed by atoms with Crippen LogP contribution >= 0.6 is 11.6 Å². The molecule has 3 heterocycles. The minimum absolute atomic E-state index is 0.0536. The molecule has 12 heteroatoms. The third-order valence-corrected chi connectivity index (χ3v) is 7.02. The Bertz CT molecular complexity index is 1060. The lowest BCUT2D eigenvalue weighted by molar-refractivity contribution is -0.120. The molecule has 1 aliphatic heterocycles. The second-order valence-corrected chi connectivity index (χ2v) is 9.05. The van der Waals surface area contributed by atoms with Gasteiger partial charge in [0, 0.05) is 39.3 Å². The molecule has 1 amide bonds. The quantitative estimate of drug-likeness (QED) is 0.661. The highest BCUT2D eigenvalue weighted by Crippen LogP contribution is 2.28. The maximum Gasteiger partial charge on any atom is 0.276 e. The van der Waals surface area contributed by atoms with Crippen LogP contribution in [0.1, 0.15) is 12.8 Å². The number of anilines is 2. The number of H-pyrrole nitrogens is 1. The third kappa shape index (κ3) is 4.41. The van der Waals surface area contributed by atoms with Gasteiger partial charge in [0.1, 0.15) is 10.0 Å². The van der Waals surface area contributed by atoms with Crippen molar-refractivity contribution in [2.24, 2.45) is 5.92 Å². The maximum atomic E-state index is 12.8. The van der Waals surface area contributed by atoms with Gasteiger partial charge in [0.05, 0.1) is 6.33 Å². The van der Waals surface area contributed by atoms with E-state index in [-0.39, 0.29) is 34.7 Å². The molecule has 1 saturated heterocycles. The number of halogens is 1. The number of piperidine rings is 1. The largest absolute Gasteiger partial charge is 0.361 e. The molecule has 2 aromatic heterocycles. The highest BCUT2D eigenvalue weighted by molar-refractivity contribution is 7.89. The Morgan fingerprint density at radius 1 is 1.31 bits per heavy atom. The molecule has 0 bridgehead atoms. The number of hydrogen-bond acceptors (Lipinski definition) is 7. The van der Waals surface area contributed by atoms with Gasteiger partial charge in [0.15, 0.2) is 11.5 Å². The fourth-order valence-electron chi connectivity index (χ4n) is 3.13. The predicted octanol–water partition coefficient (Wildman–Crippen LogP) is 0.924. The van der Waals surface area contributed by atoms with Gasteiger partial charge in [0.2, 0.25) is 15.9 Å². The third-order valence-electron chi connectivity index (χ3n) is 4.67. The average Bonchev–Trinajstić information content (AvgIpc) is 2.69. The molecule has 1 aliphatic rings. The van der Waals surface area contributed by atoms with E-state index >= 15 is 0 Å². The van der Waals surface area contributed by atoms with Crippen molar-refractivity contribution in [3.8, 4) is 0 Å². The Hall–Kier alpha value is -2.50. The van der Waals surface area contributed by atoms with Gasteiger partial charge in [0.25, 0.3) is 5.56 Å². The highest BCUT2D eigenvalue weighted by atomic mass is 35.5. The van der Waals surface area contributed by atoms with Crippen LogP contribution in [0.25, 0.3) is 0 Å². The van der Waals surface area contributed by atoms with E-state index in [1.54, 1.807) is 19.0 Å². The van der Waals surface area contributed by atoms with Gasteiger partial charge in [-0.25, -0.2) is 18.4 Å². The first-order valence-corrected chi connectivity index (χ1v) is 10.7.